The molecule has 4 fully saturated rings. The number of carbonyl (C=O) groups excluding carboxylic acids is 1. The van der Waals surface area contributed by atoms with Gasteiger partial charge in [0.2, 0.25) is 0 Å². The van der Waals surface area contributed by atoms with Gasteiger partial charge in [0, 0.05) is 30.3 Å². The molecule has 0 unspecified atom stereocenters. The van der Waals surface area contributed by atoms with Crippen molar-refractivity contribution < 1.29 is 9.90 Å². The van der Waals surface area contributed by atoms with Crippen LogP contribution in [0.15, 0.2) is 23.4 Å². The maximum absolute atomic E-state index is 13.5. The minimum absolute atomic E-state index is 0.140. The Morgan fingerprint density at radius 3 is 2.57 bits per heavy atom. The second kappa shape index (κ2) is 6.72. The number of allylic oxidation sites excluding steroid dienone is 2. The zero-order chi connectivity index (χ0) is 19.5. The highest BCUT2D eigenvalue weighted by Gasteiger charge is 2.59. The molecule has 0 aromatic carbocycles. The van der Waals surface area contributed by atoms with Crippen molar-refractivity contribution in [2.45, 2.75) is 84.2 Å². The topological polar surface area (TPSA) is 40.5 Å². The van der Waals surface area contributed by atoms with E-state index in [4.69, 9.17) is 0 Å². The van der Waals surface area contributed by atoms with Crippen molar-refractivity contribution >= 4 is 5.78 Å². The van der Waals surface area contributed by atoms with Gasteiger partial charge in [0.05, 0.1) is 6.10 Å². The zero-order valence-electron chi connectivity index (χ0n) is 17.8. The minimum atomic E-state index is -0.142. The summed E-state index contributed by atoms with van der Waals surface area (Å²) >= 11 is 0. The van der Waals surface area contributed by atoms with E-state index in [0.717, 1.165) is 57.2 Å². The number of ketones is 1. The van der Waals surface area contributed by atoms with Gasteiger partial charge in [0.1, 0.15) is 0 Å². The summed E-state index contributed by atoms with van der Waals surface area (Å²) < 4.78 is 0. The summed E-state index contributed by atoms with van der Waals surface area (Å²) in [5.74, 6) is 2.30. The number of hydrogen-bond acceptors (Lipinski definition) is 3. The molecule has 0 amide bonds. The molecule has 0 aromatic heterocycles. The number of rotatable bonds is 1. The largest absolute Gasteiger partial charge is 0.393 e. The van der Waals surface area contributed by atoms with Gasteiger partial charge in [0.15, 0.2) is 5.78 Å². The zero-order valence-corrected chi connectivity index (χ0v) is 17.8. The third kappa shape index (κ3) is 2.75. The predicted molar refractivity (Wildman–Crippen MR) is 112 cm³/mol. The molecule has 0 bridgehead atoms. The first-order valence-corrected chi connectivity index (χ1v) is 11.8. The van der Waals surface area contributed by atoms with Gasteiger partial charge in [-0.3, -0.25) is 4.79 Å². The molecule has 5 aliphatic rings. The summed E-state index contributed by atoms with van der Waals surface area (Å²) in [7, 11) is 0. The van der Waals surface area contributed by atoms with Gasteiger partial charge < -0.3 is 10.0 Å². The highest BCUT2D eigenvalue weighted by molar-refractivity contribution is 6.02. The lowest BCUT2D eigenvalue weighted by Gasteiger charge is -2.56. The van der Waals surface area contributed by atoms with Gasteiger partial charge in [-0.1, -0.05) is 25.5 Å². The van der Waals surface area contributed by atoms with E-state index < -0.39 is 0 Å². The average molecular weight is 384 g/mol. The van der Waals surface area contributed by atoms with Gasteiger partial charge >= 0.3 is 0 Å². The van der Waals surface area contributed by atoms with Gasteiger partial charge in [-0.05, 0) is 87.4 Å². The number of carbonyl (C=O) groups is 1. The average Bonchev–Trinajstić information content (AvgIpc) is 2.94. The fourth-order valence-corrected chi connectivity index (χ4v) is 7.70. The quantitative estimate of drug-likeness (QED) is 0.519. The number of aliphatic hydroxyl groups excluding tert-OH is 1. The first kappa shape index (κ1) is 18.9. The Kier molecular flexibility index (Phi) is 4.54. The second-order valence-corrected chi connectivity index (χ2v) is 10.9. The molecule has 0 radical (unpaired) electrons. The van der Waals surface area contributed by atoms with Crippen LogP contribution < -0.4 is 0 Å². The number of nitrogens with zero attached hydrogens (tertiary/aromatic N) is 1. The van der Waals surface area contributed by atoms with Crippen molar-refractivity contribution in [2.75, 3.05) is 13.1 Å². The molecule has 5 rings (SSSR count). The third-order valence-electron chi connectivity index (χ3n) is 9.45. The van der Waals surface area contributed by atoms with E-state index in [-0.39, 0.29) is 16.9 Å². The summed E-state index contributed by atoms with van der Waals surface area (Å²) in [6.07, 6.45) is 15.7. The van der Waals surface area contributed by atoms with E-state index in [1.807, 2.05) is 0 Å². The maximum atomic E-state index is 13.5. The molecule has 28 heavy (non-hydrogen) atoms. The Labute approximate surface area is 170 Å². The lowest BCUT2D eigenvalue weighted by Crippen LogP contribution is -2.50. The summed E-state index contributed by atoms with van der Waals surface area (Å²) in [5.41, 5.74) is 2.75. The Morgan fingerprint density at radius 1 is 1.04 bits per heavy atom. The second-order valence-electron chi connectivity index (χ2n) is 10.9. The SMILES string of the molecule is C[C@]12CC[C@H](O)CC1=CC[C@@H]1[C@@H]2CC[C@]2(C)C(=O)/C(=C/N3CCCCC3)C[C@@H]12. The van der Waals surface area contributed by atoms with Crippen molar-refractivity contribution in [3.8, 4) is 0 Å². The number of Topliss-reactive ketones (excluding diaryl/α,β-unsaturated/α-hetero) is 1. The van der Waals surface area contributed by atoms with E-state index in [1.165, 1.54) is 31.3 Å². The molecule has 3 saturated carbocycles. The van der Waals surface area contributed by atoms with Crippen LogP contribution in [-0.2, 0) is 4.79 Å². The van der Waals surface area contributed by atoms with Crippen LogP contribution in [0.2, 0.25) is 0 Å². The third-order valence-corrected chi connectivity index (χ3v) is 9.45. The molecule has 3 nitrogen and oxygen atoms in total. The summed E-state index contributed by atoms with van der Waals surface area (Å²) in [6, 6.07) is 0. The van der Waals surface area contributed by atoms with Crippen LogP contribution in [0.25, 0.3) is 0 Å². The van der Waals surface area contributed by atoms with Crippen molar-refractivity contribution in [3.05, 3.63) is 23.4 Å². The number of likely N-dealkylation sites (tertiary alicyclic amines) is 1. The van der Waals surface area contributed by atoms with Crippen LogP contribution in [0.4, 0.5) is 0 Å². The van der Waals surface area contributed by atoms with Crippen LogP contribution in [0.5, 0.6) is 0 Å². The Balaban J connectivity index is 1.43. The monoisotopic (exact) mass is 383 g/mol. The summed E-state index contributed by atoms with van der Waals surface area (Å²) in [6.45, 7) is 6.98. The standard InChI is InChI=1S/C25H37NO2/c1-24-10-8-19(27)15-18(24)6-7-20-21(24)9-11-25(2)22(20)14-17(23(25)28)16-26-12-4-3-5-13-26/h6,16,19-22,27H,3-5,7-15H2,1-2H3/b17-16+/t19-,20+,21-,22-,24-,25-/m0/s1. The molecule has 0 aromatic rings. The molecule has 1 N–H and O–H groups in total. The van der Waals surface area contributed by atoms with Crippen LogP contribution >= 0.6 is 0 Å². The number of fused-ring (bicyclic) bond motifs is 5. The molecular formula is C25H37NO2. The molecule has 0 spiro atoms. The minimum Gasteiger partial charge on any atom is -0.393 e. The van der Waals surface area contributed by atoms with Crippen LogP contribution in [-0.4, -0.2) is 35.0 Å². The Bertz CT molecular complexity index is 718. The van der Waals surface area contributed by atoms with Gasteiger partial charge in [-0.2, -0.15) is 0 Å². The van der Waals surface area contributed by atoms with E-state index in [9.17, 15) is 9.90 Å². The smallest absolute Gasteiger partial charge is 0.166 e. The number of hydrogen-bond donors (Lipinski definition) is 1. The van der Waals surface area contributed by atoms with Gasteiger partial charge in [-0.15, -0.1) is 0 Å². The van der Waals surface area contributed by atoms with E-state index in [2.05, 4.69) is 31.0 Å². The molecule has 1 heterocycles. The first-order chi connectivity index (χ1) is 13.4. The van der Waals surface area contributed by atoms with Crippen molar-refractivity contribution in [2.24, 2.45) is 28.6 Å². The fraction of sp³-hybridized carbons (Fsp3) is 0.800. The van der Waals surface area contributed by atoms with Crippen molar-refractivity contribution in [1.29, 1.82) is 0 Å². The van der Waals surface area contributed by atoms with Crippen molar-refractivity contribution in [3.63, 3.8) is 0 Å². The fourth-order valence-electron chi connectivity index (χ4n) is 7.70. The van der Waals surface area contributed by atoms with Gasteiger partial charge in [0.25, 0.3) is 0 Å². The lowest BCUT2D eigenvalue weighted by molar-refractivity contribution is -0.130. The summed E-state index contributed by atoms with van der Waals surface area (Å²) in [5, 5.41) is 10.2. The molecule has 3 heteroatoms. The van der Waals surface area contributed by atoms with Crippen LogP contribution in [0.3, 0.4) is 0 Å². The lowest BCUT2D eigenvalue weighted by atomic mass is 9.48. The first-order valence-electron chi connectivity index (χ1n) is 11.8. The predicted octanol–water partition coefficient (Wildman–Crippen LogP) is 4.86. The van der Waals surface area contributed by atoms with Crippen LogP contribution in [0, 0.1) is 28.6 Å². The normalized spacial score (nSPS) is 47.4. The molecule has 1 saturated heterocycles. The van der Waals surface area contributed by atoms with Crippen molar-refractivity contribution in [1.82, 2.24) is 4.90 Å². The van der Waals surface area contributed by atoms with Gasteiger partial charge in [-0.25, -0.2) is 0 Å². The van der Waals surface area contributed by atoms with E-state index in [1.54, 1.807) is 0 Å². The highest BCUT2D eigenvalue weighted by atomic mass is 16.3. The van der Waals surface area contributed by atoms with E-state index >= 15 is 0 Å². The number of piperidine rings is 1. The highest BCUT2D eigenvalue weighted by Crippen LogP contribution is 2.64. The van der Waals surface area contributed by atoms with Crippen LogP contribution in [0.1, 0.15) is 78.1 Å². The van der Waals surface area contributed by atoms with E-state index in [0.29, 0.717) is 23.5 Å². The molecule has 154 valence electrons. The molecular weight excluding hydrogens is 346 g/mol. The Morgan fingerprint density at radius 2 is 1.79 bits per heavy atom. The molecule has 1 aliphatic heterocycles. The summed E-state index contributed by atoms with van der Waals surface area (Å²) in [4.78, 5) is 15.9. The maximum Gasteiger partial charge on any atom is 0.166 e. The molecule has 4 aliphatic carbocycles. The molecule has 6 atom stereocenters. The Hall–Kier alpha value is -1.09. The number of aliphatic hydroxyl groups is 1.